The van der Waals surface area contributed by atoms with Crippen molar-refractivity contribution in [3.63, 3.8) is 0 Å². The van der Waals surface area contributed by atoms with Crippen LogP contribution in [-0.2, 0) is 10.2 Å². The number of ether oxygens (including phenoxy) is 1. The monoisotopic (exact) mass is 459 g/mol. The number of amides is 1. The Morgan fingerprint density at radius 3 is 2.15 bits per heavy atom. The average molecular weight is 460 g/mol. The highest BCUT2D eigenvalue weighted by Crippen LogP contribution is 2.25. The van der Waals surface area contributed by atoms with Crippen LogP contribution in [0.4, 0.5) is 0 Å². The molecule has 0 aromatic heterocycles. The minimum atomic E-state index is -3.44. The highest BCUT2D eigenvalue weighted by molar-refractivity contribution is 9.10. The molecule has 1 amide bonds. The molecule has 2 saturated heterocycles. The normalized spacial score (nSPS) is 20.3. The van der Waals surface area contributed by atoms with Crippen LogP contribution in [0.5, 0.6) is 5.75 Å². The molecule has 0 spiro atoms. The summed E-state index contributed by atoms with van der Waals surface area (Å²) in [6.45, 7) is 2.61. The molecule has 9 heteroatoms. The number of carbonyl (C=O) groups excluding carboxylic acids is 1. The molecule has 1 aromatic carbocycles. The summed E-state index contributed by atoms with van der Waals surface area (Å²) < 4.78 is 34.8. The zero-order valence-electron chi connectivity index (χ0n) is 15.6. The summed E-state index contributed by atoms with van der Waals surface area (Å²) in [5.41, 5.74) is 0.526. The predicted octanol–water partition coefficient (Wildman–Crippen LogP) is 2.34. The summed E-state index contributed by atoms with van der Waals surface area (Å²) in [6.07, 6.45) is 4.01. The van der Waals surface area contributed by atoms with Crippen LogP contribution in [0.1, 0.15) is 36.0 Å². The predicted molar refractivity (Wildman–Crippen MR) is 107 cm³/mol. The average Bonchev–Trinajstić information content (AvgIpc) is 2.98. The third kappa shape index (κ3) is 4.64. The van der Waals surface area contributed by atoms with Gasteiger partial charge >= 0.3 is 0 Å². The van der Waals surface area contributed by atoms with E-state index < -0.39 is 10.2 Å². The van der Waals surface area contributed by atoms with Crippen molar-refractivity contribution < 1.29 is 17.9 Å². The Morgan fingerprint density at radius 1 is 0.963 bits per heavy atom. The molecule has 27 heavy (non-hydrogen) atoms. The van der Waals surface area contributed by atoms with Crippen molar-refractivity contribution in [3.8, 4) is 5.75 Å². The van der Waals surface area contributed by atoms with Crippen molar-refractivity contribution in [2.24, 2.45) is 0 Å². The Bertz CT molecular complexity index is 771. The van der Waals surface area contributed by atoms with Crippen LogP contribution >= 0.6 is 15.9 Å². The van der Waals surface area contributed by atoms with Gasteiger partial charge in [-0.2, -0.15) is 17.0 Å². The fourth-order valence-corrected chi connectivity index (χ4v) is 5.61. The van der Waals surface area contributed by atoms with E-state index in [1.165, 1.54) is 4.31 Å². The second kappa shape index (κ2) is 8.89. The lowest BCUT2D eigenvalue weighted by atomic mass is 10.1. The zero-order chi connectivity index (χ0) is 19.4. The maximum atomic E-state index is 12.9. The van der Waals surface area contributed by atoms with Crippen molar-refractivity contribution in [3.05, 3.63) is 28.2 Å². The molecule has 0 aliphatic carbocycles. The number of hydrogen-bond acceptors (Lipinski definition) is 4. The van der Waals surface area contributed by atoms with E-state index in [9.17, 15) is 13.2 Å². The maximum absolute atomic E-state index is 12.9. The van der Waals surface area contributed by atoms with E-state index in [0.29, 0.717) is 55.1 Å². The highest BCUT2D eigenvalue weighted by atomic mass is 79.9. The van der Waals surface area contributed by atoms with E-state index in [4.69, 9.17) is 4.74 Å². The minimum Gasteiger partial charge on any atom is -0.497 e. The molecule has 2 heterocycles. The van der Waals surface area contributed by atoms with Crippen molar-refractivity contribution >= 4 is 32.0 Å². The van der Waals surface area contributed by atoms with Gasteiger partial charge in [-0.25, -0.2) is 0 Å². The topological polar surface area (TPSA) is 70.2 Å². The first-order valence-corrected chi connectivity index (χ1v) is 11.5. The van der Waals surface area contributed by atoms with Crippen LogP contribution in [0.2, 0.25) is 0 Å². The number of piperazine rings is 1. The molecule has 0 radical (unpaired) electrons. The van der Waals surface area contributed by atoms with Crippen LogP contribution in [0, 0.1) is 0 Å². The molecular formula is C18H26BrN3O4S. The smallest absolute Gasteiger partial charge is 0.282 e. The molecule has 2 aliphatic heterocycles. The fourth-order valence-electron chi connectivity index (χ4n) is 3.52. The van der Waals surface area contributed by atoms with Crippen molar-refractivity contribution in [1.82, 2.24) is 13.5 Å². The Kier molecular flexibility index (Phi) is 6.78. The zero-order valence-corrected chi connectivity index (χ0v) is 18.0. The van der Waals surface area contributed by atoms with Gasteiger partial charge in [0, 0.05) is 43.7 Å². The summed E-state index contributed by atoms with van der Waals surface area (Å²) in [7, 11) is -1.88. The molecule has 0 N–H and O–H groups in total. The third-order valence-electron chi connectivity index (χ3n) is 5.15. The maximum Gasteiger partial charge on any atom is 0.282 e. The summed E-state index contributed by atoms with van der Waals surface area (Å²) in [5, 5.41) is 0. The first kappa shape index (κ1) is 20.6. The Hall–Kier alpha value is -1.16. The molecular weight excluding hydrogens is 434 g/mol. The third-order valence-corrected chi connectivity index (χ3v) is 7.87. The summed E-state index contributed by atoms with van der Waals surface area (Å²) in [5.74, 6) is 0.497. The minimum absolute atomic E-state index is 0.118. The van der Waals surface area contributed by atoms with Crippen LogP contribution < -0.4 is 4.74 Å². The van der Waals surface area contributed by atoms with Gasteiger partial charge in [-0.05, 0) is 47.0 Å². The quantitative estimate of drug-likeness (QED) is 0.692. The van der Waals surface area contributed by atoms with Gasteiger partial charge in [0.2, 0.25) is 0 Å². The number of halogens is 1. The van der Waals surface area contributed by atoms with Crippen molar-refractivity contribution in [2.75, 3.05) is 46.4 Å². The summed E-state index contributed by atoms with van der Waals surface area (Å²) in [4.78, 5) is 14.6. The number of methoxy groups -OCH3 is 1. The van der Waals surface area contributed by atoms with Gasteiger partial charge in [-0.15, -0.1) is 0 Å². The molecule has 0 unspecified atom stereocenters. The second-order valence-electron chi connectivity index (χ2n) is 6.86. The number of nitrogens with zero attached hydrogens (tertiary/aromatic N) is 3. The molecule has 0 atom stereocenters. The molecule has 7 nitrogen and oxygen atoms in total. The fraction of sp³-hybridized carbons (Fsp3) is 0.611. The molecule has 2 fully saturated rings. The second-order valence-corrected chi connectivity index (χ2v) is 9.64. The first-order valence-electron chi connectivity index (χ1n) is 9.31. The number of carbonyl (C=O) groups is 1. The number of benzene rings is 1. The lowest BCUT2D eigenvalue weighted by molar-refractivity contribution is 0.0692. The van der Waals surface area contributed by atoms with E-state index in [-0.39, 0.29) is 5.91 Å². The highest BCUT2D eigenvalue weighted by Gasteiger charge is 2.34. The summed E-state index contributed by atoms with van der Waals surface area (Å²) in [6, 6.07) is 5.27. The largest absolute Gasteiger partial charge is 0.497 e. The molecule has 3 rings (SSSR count). The van der Waals surface area contributed by atoms with Crippen LogP contribution in [0.15, 0.2) is 22.7 Å². The van der Waals surface area contributed by atoms with Gasteiger partial charge in [-0.1, -0.05) is 12.8 Å². The van der Waals surface area contributed by atoms with Gasteiger partial charge in [0.15, 0.2) is 0 Å². The number of rotatable bonds is 4. The number of hydrogen-bond donors (Lipinski definition) is 0. The Labute approximate surface area is 169 Å². The van der Waals surface area contributed by atoms with E-state index in [1.54, 1.807) is 34.5 Å². The molecule has 0 saturated carbocycles. The van der Waals surface area contributed by atoms with E-state index >= 15 is 0 Å². The van der Waals surface area contributed by atoms with Crippen LogP contribution in [0.25, 0.3) is 0 Å². The van der Waals surface area contributed by atoms with Crippen molar-refractivity contribution in [1.29, 1.82) is 0 Å². The molecule has 2 aliphatic rings. The first-order chi connectivity index (χ1) is 12.9. The van der Waals surface area contributed by atoms with Gasteiger partial charge in [-0.3, -0.25) is 4.79 Å². The van der Waals surface area contributed by atoms with Crippen LogP contribution in [0.3, 0.4) is 0 Å². The van der Waals surface area contributed by atoms with Crippen molar-refractivity contribution in [2.45, 2.75) is 25.7 Å². The lowest BCUT2D eigenvalue weighted by Gasteiger charge is -2.36. The summed E-state index contributed by atoms with van der Waals surface area (Å²) >= 11 is 3.41. The van der Waals surface area contributed by atoms with Gasteiger partial charge in [0.1, 0.15) is 5.75 Å². The van der Waals surface area contributed by atoms with Gasteiger partial charge in [0.25, 0.3) is 16.1 Å². The molecule has 150 valence electrons. The van der Waals surface area contributed by atoms with Crippen LogP contribution in [-0.4, -0.2) is 74.2 Å². The molecule has 0 bridgehead atoms. The standard InChI is InChI=1S/C18H26BrN3O4S/c1-26-15-6-7-17(19)16(14-15)18(23)20-10-12-22(13-11-20)27(24,25)21-8-4-2-3-5-9-21/h6-7,14H,2-5,8-13H2,1H3. The Balaban J connectivity index is 1.65. The van der Waals surface area contributed by atoms with E-state index in [2.05, 4.69) is 15.9 Å². The lowest BCUT2D eigenvalue weighted by Crippen LogP contribution is -2.54. The van der Waals surface area contributed by atoms with Gasteiger partial charge in [0.05, 0.1) is 12.7 Å². The Morgan fingerprint density at radius 2 is 1.56 bits per heavy atom. The van der Waals surface area contributed by atoms with Gasteiger partial charge < -0.3 is 9.64 Å². The molecule has 1 aromatic rings. The van der Waals surface area contributed by atoms with E-state index in [0.717, 1.165) is 25.7 Å². The van der Waals surface area contributed by atoms with E-state index in [1.807, 2.05) is 0 Å². The SMILES string of the molecule is COc1ccc(Br)c(C(=O)N2CCN(S(=O)(=O)N3CCCCCC3)CC2)c1.